The Balaban J connectivity index is 1.34. The first-order chi connectivity index (χ1) is 7.92. The highest BCUT2D eigenvalue weighted by Crippen LogP contribution is 2.42. The van der Waals surface area contributed by atoms with E-state index >= 15 is 0 Å². The summed E-state index contributed by atoms with van der Waals surface area (Å²) in [6.45, 7) is 5.71. The fourth-order valence-corrected chi connectivity index (χ4v) is 4.39. The van der Waals surface area contributed by atoms with Crippen LogP contribution < -0.4 is 10.2 Å². The fraction of sp³-hybridized carbons (Fsp3) is 1.00. The second-order valence-corrected chi connectivity index (χ2v) is 6.42. The van der Waals surface area contributed by atoms with Crippen molar-refractivity contribution in [3.8, 4) is 0 Å². The summed E-state index contributed by atoms with van der Waals surface area (Å²) in [5, 5.41) is 2.70. The van der Waals surface area contributed by atoms with Crippen molar-refractivity contribution in [3.05, 3.63) is 0 Å². The lowest BCUT2D eigenvalue weighted by Crippen LogP contribution is -3.15. The second-order valence-electron chi connectivity index (χ2n) is 6.42. The maximum absolute atomic E-state index is 2.70. The van der Waals surface area contributed by atoms with Gasteiger partial charge in [0.2, 0.25) is 0 Å². The molecule has 3 N–H and O–H groups in total. The third-order valence-electron chi connectivity index (χ3n) is 5.32. The van der Waals surface area contributed by atoms with Crippen LogP contribution in [0, 0.1) is 11.8 Å². The highest BCUT2D eigenvalue weighted by atomic mass is 15.1. The summed E-state index contributed by atoms with van der Waals surface area (Å²) < 4.78 is 0. The Morgan fingerprint density at radius 2 is 1.88 bits per heavy atom. The summed E-state index contributed by atoms with van der Waals surface area (Å²) in [5.41, 5.74) is 0. The van der Waals surface area contributed by atoms with E-state index in [0.29, 0.717) is 0 Å². The van der Waals surface area contributed by atoms with Gasteiger partial charge in [0.05, 0.1) is 19.1 Å². The van der Waals surface area contributed by atoms with E-state index < -0.39 is 0 Å². The van der Waals surface area contributed by atoms with Crippen molar-refractivity contribution < 1.29 is 10.2 Å². The van der Waals surface area contributed by atoms with Crippen LogP contribution >= 0.6 is 0 Å². The van der Waals surface area contributed by atoms with Crippen molar-refractivity contribution >= 4 is 0 Å². The van der Waals surface area contributed by atoms with Gasteiger partial charge in [-0.2, -0.15) is 0 Å². The van der Waals surface area contributed by atoms with E-state index in [1.807, 2.05) is 4.90 Å². The first kappa shape index (κ1) is 11.0. The summed E-state index contributed by atoms with van der Waals surface area (Å²) in [6.07, 6.45) is 10.6. The minimum Gasteiger partial charge on any atom is -0.339 e. The summed E-state index contributed by atoms with van der Waals surface area (Å²) in [5.74, 6) is 2.22. The number of nitrogens with two attached hydrogens (primary N) is 1. The van der Waals surface area contributed by atoms with Crippen LogP contribution in [0.3, 0.4) is 0 Å². The van der Waals surface area contributed by atoms with Crippen LogP contribution in [0.15, 0.2) is 0 Å². The minimum absolute atomic E-state index is 1.02. The largest absolute Gasteiger partial charge is 0.339 e. The average Bonchev–Trinajstić information content (AvgIpc) is 2.92. The lowest BCUT2D eigenvalue weighted by Gasteiger charge is -2.24. The van der Waals surface area contributed by atoms with Crippen LogP contribution in [0.2, 0.25) is 0 Å². The van der Waals surface area contributed by atoms with Gasteiger partial charge < -0.3 is 10.2 Å². The highest BCUT2D eigenvalue weighted by molar-refractivity contribution is 4.89. The number of hydrogen-bond donors (Lipinski definition) is 2. The van der Waals surface area contributed by atoms with Crippen molar-refractivity contribution in [3.63, 3.8) is 0 Å². The Hall–Kier alpha value is -0.0800. The van der Waals surface area contributed by atoms with Gasteiger partial charge in [-0.15, -0.1) is 0 Å². The predicted molar refractivity (Wildman–Crippen MR) is 65.4 cm³/mol. The molecule has 0 amide bonds. The van der Waals surface area contributed by atoms with Crippen molar-refractivity contribution in [2.24, 2.45) is 11.8 Å². The van der Waals surface area contributed by atoms with Gasteiger partial charge in [-0.25, -0.2) is 0 Å². The van der Waals surface area contributed by atoms with Gasteiger partial charge in [0.15, 0.2) is 0 Å². The molecule has 2 nitrogen and oxygen atoms in total. The first-order valence-electron chi connectivity index (χ1n) is 7.59. The van der Waals surface area contributed by atoms with E-state index in [2.05, 4.69) is 5.32 Å². The van der Waals surface area contributed by atoms with Gasteiger partial charge in [-0.05, 0) is 44.4 Å². The third kappa shape index (κ3) is 2.43. The number of likely N-dealkylation sites (tertiary alicyclic amines) is 1. The van der Waals surface area contributed by atoms with E-state index in [1.54, 1.807) is 25.7 Å². The lowest BCUT2D eigenvalue weighted by atomic mass is 9.95. The number of quaternary nitrogens is 2. The average molecular weight is 224 g/mol. The summed E-state index contributed by atoms with van der Waals surface area (Å²) in [4.78, 5) is 1.88. The lowest BCUT2D eigenvalue weighted by molar-refractivity contribution is -0.918. The summed E-state index contributed by atoms with van der Waals surface area (Å²) in [6, 6.07) is 1.02. The quantitative estimate of drug-likeness (QED) is 0.660. The van der Waals surface area contributed by atoms with E-state index in [-0.39, 0.29) is 0 Å². The number of rotatable bonds is 4. The molecule has 1 saturated heterocycles. The number of hydrogen-bond acceptors (Lipinski definition) is 0. The molecular formula is C14H28N2+2. The molecule has 92 valence electrons. The van der Waals surface area contributed by atoms with Crippen molar-refractivity contribution in [1.82, 2.24) is 0 Å². The van der Waals surface area contributed by atoms with Gasteiger partial charge in [-0.3, -0.25) is 0 Å². The SMILES string of the molecule is C1CC[NH+](CC[NH2+][C@H]2C[C@H]3CC[C@@H]2C3)CC1. The molecule has 2 bridgehead atoms. The molecule has 1 aliphatic heterocycles. The summed E-state index contributed by atoms with van der Waals surface area (Å²) in [7, 11) is 0. The molecule has 0 radical (unpaired) electrons. The molecule has 3 rings (SSSR count). The second kappa shape index (κ2) is 5.05. The van der Waals surface area contributed by atoms with Crippen LogP contribution in [0.4, 0.5) is 0 Å². The minimum atomic E-state index is 1.02. The van der Waals surface area contributed by atoms with Crippen LogP contribution in [0.25, 0.3) is 0 Å². The number of piperidine rings is 1. The van der Waals surface area contributed by atoms with Gasteiger partial charge >= 0.3 is 0 Å². The molecule has 3 atom stereocenters. The molecule has 0 aromatic heterocycles. The van der Waals surface area contributed by atoms with Crippen molar-refractivity contribution in [2.45, 2.75) is 51.0 Å². The van der Waals surface area contributed by atoms with Crippen LogP contribution in [-0.4, -0.2) is 32.2 Å². The van der Waals surface area contributed by atoms with Gasteiger partial charge in [0.1, 0.15) is 13.1 Å². The molecule has 16 heavy (non-hydrogen) atoms. The Morgan fingerprint density at radius 3 is 2.56 bits per heavy atom. The third-order valence-corrected chi connectivity index (χ3v) is 5.32. The maximum Gasteiger partial charge on any atom is 0.127 e. The van der Waals surface area contributed by atoms with Gasteiger partial charge in [0.25, 0.3) is 0 Å². The zero-order chi connectivity index (χ0) is 10.8. The highest BCUT2D eigenvalue weighted by Gasteiger charge is 2.41. The van der Waals surface area contributed by atoms with E-state index in [0.717, 1.165) is 17.9 Å². The topological polar surface area (TPSA) is 21.1 Å². The predicted octanol–water partition coefficient (Wildman–Crippen LogP) is -0.193. The molecule has 2 aliphatic carbocycles. The van der Waals surface area contributed by atoms with Crippen molar-refractivity contribution in [2.75, 3.05) is 26.2 Å². The molecule has 0 unspecified atom stereocenters. The Bertz CT molecular complexity index is 223. The Kier molecular flexibility index (Phi) is 3.49. The number of nitrogens with one attached hydrogen (secondary N) is 1. The molecule has 2 heteroatoms. The molecule has 0 spiro atoms. The molecule has 0 aromatic carbocycles. The zero-order valence-corrected chi connectivity index (χ0v) is 10.6. The Morgan fingerprint density at radius 1 is 1.00 bits per heavy atom. The maximum atomic E-state index is 2.70. The molecule has 3 fully saturated rings. The smallest absolute Gasteiger partial charge is 0.127 e. The van der Waals surface area contributed by atoms with Gasteiger partial charge in [-0.1, -0.05) is 0 Å². The van der Waals surface area contributed by atoms with Crippen LogP contribution in [0.1, 0.15) is 44.9 Å². The fourth-order valence-electron chi connectivity index (χ4n) is 4.39. The zero-order valence-electron chi connectivity index (χ0n) is 10.6. The molecular weight excluding hydrogens is 196 g/mol. The first-order valence-corrected chi connectivity index (χ1v) is 7.59. The monoisotopic (exact) mass is 224 g/mol. The molecule has 3 aliphatic rings. The van der Waals surface area contributed by atoms with Crippen LogP contribution in [0.5, 0.6) is 0 Å². The van der Waals surface area contributed by atoms with E-state index in [9.17, 15) is 0 Å². The van der Waals surface area contributed by atoms with Crippen LogP contribution in [-0.2, 0) is 0 Å². The Labute approximate surface area is 99.8 Å². The van der Waals surface area contributed by atoms with E-state index in [1.165, 1.54) is 45.4 Å². The normalized spacial score (nSPS) is 39.4. The molecule has 1 heterocycles. The van der Waals surface area contributed by atoms with E-state index in [4.69, 9.17) is 0 Å². The molecule has 0 aromatic rings. The molecule has 2 saturated carbocycles. The van der Waals surface area contributed by atoms with Gasteiger partial charge in [0, 0.05) is 12.3 Å². The standard InChI is InChI=1S/C14H26N2/c1-2-7-16(8-3-1)9-6-15-14-11-12-4-5-13(14)10-12/h12-15H,1-11H2/p+2/t12-,13+,14-/m0/s1. The number of fused-ring (bicyclic) bond motifs is 2. The summed E-state index contributed by atoms with van der Waals surface area (Å²) >= 11 is 0. The van der Waals surface area contributed by atoms with Crippen molar-refractivity contribution in [1.29, 1.82) is 0 Å².